The lowest BCUT2D eigenvalue weighted by Crippen LogP contribution is -2.02. The molecular formula is C26H33NO4. The summed E-state index contributed by atoms with van der Waals surface area (Å²) in [4.78, 5) is 26.1. The zero-order valence-corrected chi connectivity index (χ0v) is 18.4. The fourth-order valence-electron chi connectivity index (χ4n) is 3.24. The van der Waals surface area contributed by atoms with Crippen LogP contribution in [0.3, 0.4) is 0 Å². The van der Waals surface area contributed by atoms with Crippen molar-refractivity contribution in [1.29, 1.82) is 0 Å². The first-order valence-electron chi connectivity index (χ1n) is 11.2. The quantitative estimate of drug-likeness (QED) is 0.206. The van der Waals surface area contributed by atoms with E-state index in [0.717, 1.165) is 67.3 Å². The van der Waals surface area contributed by atoms with Gasteiger partial charge in [-0.25, -0.2) is 0 Å². The number of hydrogen-bond acceptors (Lipinski definition) is 5. The van der Waals surface area contributed by atoms with Gasteiger partial charge in [0.15, 0.2) is 0 Å². The Balaban J connectivity index is 1.94. The number of benzene rings is 1. The van der Waals surface area contributed by atoms with Gasteiger partial charge in [-0.15, -0.1) is 0 Å². The van der Waals surface area contributed by atoms with E-state index in [9.17, 15) is 9.59 Å². The maximum absolute atomic E-state index is 11.5. The summed E-state index contributed by atoms with van der Waals surface area (Å²) in [5, 5.41) is 0. The highest BCUT2D eigenvalue weighted by Gasteiger charge is 2.06. The molecular weight excluding hydrogens is 390 g/mol. The van der Waals surface area contributed by atoms with Crippen molar-refractivity contribution >= 4 is 17.8 Å². The average Bonchev–Trinajstić information content (AvgIpc) is 2.80. The van der Waals surface area contributed by atoms with Gasteiger partial charge in [-0.05, 0) is 74.8 Å². The smallest absolute Gasteiger partial charge is 0.305 e. The lowest BCUT2D eigenvalue weighted by Gasteiger charge is -2.11. The number of unbranched alkanes of at least 4 members (excludes halogenated alkanes) is 5. The molecule has 2 aromatic rings. The Morgan fingerprint density at radius 1 is 0.968 bits per heavy atom. The molecule has 0 aliphatic heterocycles. The molecule has 0 unspecified atom stereocenters. The molecule has 31 heavy (non-hydrogen) atoms. The number of carbonyl (C=O) groups excluding carboxylic acids is 2. The third-order valence-electron chi connectivity index (χ3n) is 4.86. The summed E-state index contributed by atoms with van der Waals surface area (Å²) in [6.45, 7) is 2.92. The van der Waals surface area contributed by atoms with Crippen LogP contribution in [-0.4, -0.2) is 30.5 Å². The van der Waals surface area contributed by atoms with Crippen molar-refractivity contribution in [2.45, 2.75) is 58.3 Å². The van der Waals surface area contributed by atoms with E-state index in [1.807, 2.05) is 31.3 Å². The third kappa shape index (κ3) is 9.60. The van der Waals surface area contributed by atoms with Gasteiger partial charge in [0.05, 0.1) is 13.2 Å². The third-order valence-corrected chi connectivity index (χ3v) is 4.86. The number of carbonyl (C=O) groups is 2. The molecule has 0 radical (unpaired) electrons. The van der Waals surface area contributed by atoms with Gasteiger partial charge < -0.3 is 14.3 Å². The van der Waals surface area contributed by atoms with Crippen LogP contribution in [0.2, 0.25) is 0 Å². The minimum absolute atomic E-state index is 0.127. The molecule has 1 heterocycles. The van der Waals surface area contributed by atoms with Crippen molar-refractivity contribution in [1.82, 2.24) is 4.98 Å². The van der Waals surface area contributed by atoms with Crippen LogP contribution in [0.15, 0.2) is 54.9 Å². The number of ether oxygens (including phenoxy) is 2. The Bertz CT molecular complexity index is 800. The fraction of sp³-hybridized carbons (Fsp3) is 0.423. The second-order valence-electron chi connectivity index (χ2n) is 7.30. The molecule has 0 N–H and O–H groups in total. The molecule has 0 bridgehead atoms. The van der Waals surface area contributed by atoms with Crippen molar-refractivity contribution in [2.75, 3.05) is 13.2 Å². The van der Waals surface area contributed by atoms with E-state index in [0.29, 0.717) is 26.1 Å². The monoisotopic (exact) mass is 423 g/mol. The normalized spacial score (nSPS) is 11.2. The van der Waals surface area contributed by atoms with Gasteiger partial charge in [-0.1, -0.05) is 24.3 Å². The number of nitrogens with zero attached hydrogens (tertiary/aromatic N) is 1. The van der Waals surface area contributed by atoms with Crippen molar-refractivity contribution in [3.8, 4) is 5.75 Å². The first-order valence-corrected chi connectivity index (χ1v) is 11.2. The lowest BCUT2D eigenvalue weighted by molar-refractivity contribution is -0.143. The molecule has 0 saturated heterocycles. The van der Waals surface area contributed by atoms with Crippen molar-refractivity contribution in [3.63, 3.8) is 0 Å². The van der Waals surface area contributed by atoms with E-state index in [-0.39, 0.29) is 5.97 Å². The summed E-state index contributed by atoms with van der Waals surface area (Å²) in [5.41, 5.74) is 3.30. The molecule has 1 aromatic carbocycles. The largest absolute Gasteiger partial charge is 0.494 e. The SMILES string of the molecule is CCOC(=O)CCCC/C=C(\c1ccc(OCCCCCC=O)cc1)c1cccnc1. The van der Waals surface area contributed by atoms with Crippen molar-refractivity contribution in [3.05, 3.63) is 66.0 Å². The predicted octanol–water partition coefficient (Wildman–Crippen LogP) is 5.77. The highest BCUT2D eigenvalue weighted by atomic mass is 16.5. The van der Waals surface area contributed by atoms with Crippen molar-refractivity contribution < 1.29 is 19.1 Å². The number of esters is 1. The molecule has 1 aromatic heterocycles. The average molecular weight is 424 g/mol. The Morgan fingerprint density at radius 3 is 2.48 bits per heavy atom. The van der Waals surface area contributed by atoms with Crippen LogP contribution in [0.4, 0.5) is 0 Å². The van der Waals surface area contributed by atoms with Gasteiger partial charge >= 0.3 is 5.97 Å². The molecule has 0 amide bonds. The van der Waals surface area contributed by atoms with E-state index in [2.05, 4.69) is 29.3 Å². The van der Waals surface area contributed by atoms with Gasteiger partial charge in [0.25, 0.3) is 0 Å². The molecule has 2 rings (SSSR count). The van der Waals surface area contributed by atoms with Gasteiger partial charge in [-0.2, -0.15) is 0 Å². The number of rotatable bonds is 15. The first kappa shape index (κ1) is 24.3. The van der Waals surface area contributed by atoms with Crippen LogP contribution in [0.25, 0.3) is 5.57 Å². The number of hydrogen-bond donors (Lipinski definition) is 0. The standard InChI is InChI=1S/C26H33NO4/c1-2-30-26(29)13-7-5-6-12-25(23-11-10-18-27-21-23)22-14-16-24(17-15-22)31-20-9-4-3-8-19-28/h10-12,14-19,21H,2-9,13,20H2,1H3/b25-12+. The van der Waals surface area contributed by atoms with Crippen LogP contribution in [0.5, 0.6) is 5.75 Å². The highest BCUT2D eigenvalue weighted by molar-refractivity contribution is 5.79. The minimum atomic E-state index is -0.127. The summed E-state index contributed by atoms with van der Waals surface area (Å²) < 4.78 is 10.8. The molecule has 0 aliphatic carbocycles. The van der Waals surface area contributed by atoms with Gasteiger partial charge in [0.1, 0.15) is 12.0 Å². The van der Waals surface area contributed by atoms with Gasteiger partial charge in [0, 0.05) is 30.8 Å². The van der Waals surface area contributed by atoms with Gasteiger partial charge in [-0.3, -0.25) is 9.78 Å². The van der Waals surface area contributed by atoms with E-state index < -0.39 is 0 Å². The van der Waals surface area contributed by atoms with Crippen LogP contribution in [0, 0.1) is 0 Å². The van der Waals surface area contributed by atoms with E-state index in [1.54, 1.807) is 6.20 Å². The summed E-state index contributed by atoms with van der Waals surface area (Å²) >= 11 is 0. The Morgan fingerprint density at radius 2 is 1.77 bits per heavy atom. The second kappa shape index (κ2) is 14.9. The molecule has 166 valence electrons. The van der Waals surface area contributed by atoms with Crippen LogP contribution in [0.1, 0.15) is 69.4 Å². The predicted molar refractivity (Wildman–Crippen MR) is 123 cm³/mol. The molecule has 5 heteroatoms. The Kier molecular flexibility index (Phi) is 11.7. The highest BCUT2D eigenvalue weighted by Crippen LogP contribution is 2.26. The Hall–Kier alpha value is -2.95. The maximum Gasteiger partial charge on any atom is 0.305 e. The number of pyridine rings is 1. The summed E-state index contributed by atoms with van der Waals surface area (Å²) in [6.07, 6.45) is 13.4. The zero-order chi connectivity index (χ0) is 22.2. The molecule has 0 fully saturated rings. The lowest BCUT2D eigenvalue weighted by atomic mass is 9.97. The second-order valence-corrected chi connectivity index (χ2v) is 7.30. The molecule has 0 spiro atoms. The van der Waals surface area contributed by atoms with Crippen molar-refractivity contribution in [2.24, 2.45) is 0 Å². The van der Waals surface area contributed by atoms with E-state index >= 15 is 0 Å². The number of aldehydes is 1. The summed E-state index contributed by atoms with van der Waals surface area (Å²) in [7, 11) is 0. The summed E-state index contributed by atoms with van der Waals surface area (Å²) in [5.74, 6) is 0.720. The molecule has 0 atom stereocenters. The van der Waals surface area contributed by atoms with Crippen LogP contribution >= 0.6 is 0 Å². The van der Waals surface area contributed by atoms with E-state index in [1.165, 1.54) is 0 Å². The van der Waals surface area contributed by atoms with Crippen LogP contribution in [-0.2, 0) is 14.3 Å². The number of allylic oxidation sites excluding steroid dienone is 1. The fourth-order valence-corrected chi connectivity index (χ4v) is 3.24. The maximum atomic E-state index is 11.5. The minimum Gasteiger partial charge on any atom is -0.494 e. The molecule has 0 aliphatic rings. The van der Waals surface area contributed by atoms with E-state index in [4.69, 9.17) is 9.47 Å². The Labute approximate surface area is 185 Å². The zero-order valence-electron chi connectivity index (χ0n) is 18.4. The summed E-state index contributed by atoms with van der Waals surface area (Å²) in [6, 6.07) is 12.1. The van der Waals surface area contributed by atoms with Gasteiger partial charge in [0.2, 0.25) is 0 Å². The van der Waals surface area contributed by atoms with Crippen LogP contribution < -0.4 is 4.74 Å². The number of aromatic nitrogens is 1. The molecule has 0 saturated carbocycles. The topological polar surface area (TPSA) is 65.5 Å². The first-order chi connectivity index (χ1) is 15.2. The molecule has 5 nitrogen and oxygen atoms in total.